The van der Waals surface area contributed by atoms with E-state index in [1.165, 1.54) is 24.7 Å². The lowest BCUT2D eigenvalue weighted by molar-refractivity contribution is 0.258. The van der Waals surface area contributed by atoms with Crippen molar-refractivity contribution in [2.24, 2.45) is 0 Å². The SMILES string of the molecule is CNS(=O)(=O)CCCN1CCCC1c1cccc(N(C)C)c1. The molecule has 1 N–H and O–H groups in total. The van der Waals surface area contributed by atoms with Crippen molar-refractivity contribution >= 4 is 15.7 Å². The molecule has 22 heavy (non-hydrogen) atoms. The van der Waals surface area contributed by atoms with Crippen LogP contribution in [0.3, 0.4) is 0 Å². The monoisotopic (exact) mass is 325 g/mol. The van der Waals surface area contributed by atoms with Crippen LogP contribution in [0.25, 0.3) is 0 Å². The molecule has 1 atom stereocenters. The van der Waals surface area contributed by atoms with Crippen LogP contribution in [0.2, 0.25) is 0 Å². The average molecular weight is 325 g/mol. The van der Waals surface area contributed by atoms with Gasteiger partial charge in [-0.15, -0.1) is 0 Å². The Morgan fingerprint density at radius 1 is 1.36 bits per heavy atom. The zero-order chi connectivity index (χ0) is 16.2. The summed E-state index contributed by atoms with van der Waals surface area (Å²) in [6.45, 7) is 1.88. The summed E-state index contributed by atoms with van der Waals surface area (Å²) in [6.07, 6.45) is 3.00. The second-order valence-electron chi connectivity index (χ2n) is 6.06. The Labute approximate surface area is 134 Å². The van der Waals surface area contributed by atoms with Crippen LogP contribution < -0.4 is 9.62 Å². The maximum absolute atomic E-state index is 11.5. The van der Waals surface area contributed by atoms with Crippen molar-refractivity contribution in [1.29, 1.82) is 0 Å². The Hall–Kier alpha value is -1.11. The number of sulfonamides is 1. The summed E-state index contributed by atoms with van der Waals surface area (Å²) < 4.78 is 25.4. The number of likely N-dealkylation sites (tertiary alicyclic amines) is 1. The minimum absolute atomic E-state index is 0.199. The van der Waals surface area contributed by atoms with Gasteiger partial charge in [0.15, 0.2) is 0 Å². The molecule has 0 amide bonds. The first-order valence-electron chi connectivity index (χ1n) is 7.85. The van der Waals surface area contributed by atoms with E-state index < -0.39 is 10.0 Å². The van der Waals surface area contributed by atoms with Crippen LogP contribution in [0.1, 0.15) is 30.9 Å². The van der Waals surface area contributed by atoms with E-state index in [-0.39, 0.29) is 5.75 Å². The number of nitrogens with zero attached hydrogens (tertiary/aromatic N) is 2. The number of hydrogen-bond acceptors (Lipinski definition) is 4. The first-order valence-corrected chi connectivity index (χ1v) is 9.51. The molecule has 1 aliphatic heterocycles. The lowest BCUT2D eigenvalue weighted by Gasteiger charge is -2.26. The molecular formula is C16H27N3O2S. The molecule has 0 aliphatic carbocycles. The predicted octanol–water partition coefficient (Wildman–Crippen LogP) is 1.83. The van der Waals surface area contributed by atoms with Crippen LogP contribution >= 0.6 is 0 Å². The molecule has 2 rings (SSSR count). The van der Waals surface area contributed by atoms with Crippen molar-refractivity contribution in [3.63, 3.8) is 0 Å². The summed E-state index contributed by atoms with van der Waals surface area (Å²) in [5.74, 6) is 0.199. The predicted molar refractivity (Wildman–Crippen MR) is 91.8 cm³/mol. The molecule has 1 aliphatic rings. The van der Waals surface area contributed by atoms with E-state index in [1.54, 1.807) is 0 Å². The number of rotatable bonds is 7. The third-order valence-corrected chi connectivity index (χ3v) is 5.75. The highest BCUT2D eigenvalue weighted by atomic mass is 32.2. The molecule has 1 aromatic rings. The highest BCUT2D eigenvalue weighted by Crippen LogP contribution is 2.33. The summed E-state index contributed by atoms with van der Waals surface area (Å²) in [5.41, 5.74) is 2.54. The van der Waals surface area contributed by atoms with E-state index in [4.69, 9.17) is 0 Å². The molecule has 5 nitrogen and oxygen atoms in total. The number of hydrogen-bond donors (Lipinski definition) is 1. The smallest absolute Gasteiger partial charge is 0.211 e. The normalized spacial score (nSPS) is 19.5. The van der Waals surface area contributed by atoms with Crippen LogP contribution in [-0.2, 0) is 10.0 Å². The van der Waals surface area contributed by atoms with Gasteiger partial charge in [-0.3, -0.25) is 4.90 Å². The standard InChI is InChI=1S/C16H27N3O2S/c1-17-22(20,21)12-6-11-19-10-5-9-16(19)14-7-4-8-15(13-14)18(2)3/h4,7-8,13,16-17H,5-6,9-12H2,1-3H3. The Bertz CT molecular complexity index is 587. The first kappa shape index (κ1) is 17.2. The van der Waals surface area contributed by atoms with Crippen LogP contribution in [-0.4, -0.2) is 53.3 Å². The Kier molecular flexibility index (Phi) is 5.83. The second-order valence-corrected chi connectivity index (χ2v) is 8.11. The molecule has 1 fully saturated rings. The van der Waals surface area contributed by atoms with Gasteiger partial charge in [0, 0.05) is 25.8 Å². The van der Waals surface area contributed by atoms with E-state index >= 15 is 0 Å². The van der Waals surface area contributed by atoms with Crippen LogP contribution in [0.5, 0.6) is 0 Å². The van der Waals surface area contributed by atoms with Crippen LogP contribution in [0.4, 0.5) is 5.69 Å². The quantitative estimate of drug-likeness (QED) is 0.831. The van der Waals surface area contributed by atoms with Gasteiger partial charge in [-0.1, -0.05) is 12.1 Å². The zero-order valence-corrected chi connectivity index (χ0v) is 14.6. The summed E-state index contributed by atoms with van der Waals surface area (Å²) in [5, 5.41) is 0. The van der Waals surface area contributed by atoms with Gasteiger partial charge in [0.2, 0.25) is 10.0 Å². The van der Waals surface area contributed by atoms with Crippen molar-refractivity contribution in [3.05, 3.63) is 29.8 Å². The topological polar surface area (TPSA) is 52.7 Å². The number of anilines is 1. The molecule has 124 valence electrons. The summed E-state index contributed by atoms with van der Waals surface area (Å²) >= 11 is 0. The molecule has 0 spiro atoms. The largest absolute Gasteiger partial charge is 0.378 e. The van der Waals surface area contributed by atoms with Gasteiger partial charge < -0.3 is 4.90 Å². The summed E-state index contributed by atoms with van der Waals surface area (Å²) in [4.78, 5) is 4.53. The summed E-state index contributed by atoms with van der Waals surface area (Å²) in [7, 11) is 2.48. The molecule has 6 heteroatoms. The Balaban J connectivity index is 2.00. The third kappa shape index (κ3) is 4.44. The van der Waals surface area contributed by atoms with E-state index in [0.29, 0.717) is 12.5 Å². The van der Waals surface area contributed by atoms with E-state index in [1.807, 2.05) is 14.1 Å². The van der Waals surface area contributed by atoms with Gasteiger partial charge in [-0.2, -0.15) is 0 Å². The van der Waals surface area contributed by atoms with Crippen molar-refractivity contribution in [2.45, 2.75) is 25.3 Å². The average Bonchev–Trinajstić information content (AvgIpc) is 2.95. The third-order valence-electron chi connectivity index (χ3n) is 4.30. The number of benzene rings is 1. The molecule has 1 aromatic carbocycles. The van der Waals surface area contributed by atoms with Gasteiger partial charge in [0.05, 0.1) is 5.75 Å². The van der Waals surface area contributed by atoms with Gasteiger partial charge in [-0.05, 0) is 57.1 Å². The maximum atomic E-state index is 11.5. The van der Waals surface area contributed by atoms with Crippen molar-refractivity contribution < 1.29 is 8.42 Å². The molecule has 0 radical (unpaired) electrons. The lowest BCUT2D eigenvalue weighted by Crippen LogP contribution is -2.28. The minimum Gasteiger partial charge on any atom is -0.378 e. The first-order chi connectivity index (χ1) is 10.4. The molecule has 1 heterocycles. The molecule has 1 unspecified atom stereocenters. The van der Waals surface area contributed by atoms with E-state index in [2.05, 4.69) is 38.8 Å². The molecule has 0 aromatic heterocycles. The van der Waals surface area contributed by atoms with Gasteiger partial charge in [0.1, 0.15) is 0 Å². The fraction of sp³-hybridized carbons (Fsp3) is 0.625. The van der Waals surface area contributed by atoms with Crippen molar-refractivity contribution in [2.75, 3.05) is 44.9 Å². The molecule has 0 bridgehead atoms. The maximum Gasteiger partial charge on any atom is 0.211 e. The van der Waals surface area contributed by atoms with Crippen molar-refractivity contribution in [3.8, 4) is 0 Å². The van der Waals surface area contributed by atoms with E-state index in [0.717, 1.165) is 19.5 Å². The minimum atomic E-state index is -3.09. The van der Waals surface area contributed by atoms with Crippen LogP contribution in [0.15, 0.2) is 24.3 Å². The summed E-state index contributed by atoms with van der Waals surface area (Å²) in [6, 6.07) is 9.06. The molecule has 0 saturated carbocycles. The Morgan fingerprint density at radius 3 is 2.82 bits per heavy atom. The molecule has 1 saturated heterocycles. The Morgan fingerprint density at radius 2 is 2.14 bits per heavy atom. The van der Waals surface area contributed by atoms with Gasteiger partial charge in [0.25, 0.3) is 0 Å². The lowest BCUT2D eigenvalue weighted by atomic mass is 10.0. The highest BCUT2D eigenvalue weighted by Gasteiger charge is 2.26. The van der Waals surface area contributed by atoms with E-state index in [9.17, 15) is 8.42 Å². The van der Waals surface area contributed by atoms with Gasteiger partial charge in [-0.25, -0.2) is 13.1 Å². The van der Waals surface area contributed by atoms with Gasteiger partial charge >= 0.3 is 0 Å². The highest BCUT2D eigenvalue weighted by molar-refractivity contribution is 7.89. The van der Waals surface area contributed by atoms with Crippen LogP contribution in [0, 0.1) is 0 Å². The van der Waals surface area contributed by atoms with Crippen molar-refractivity contribution in [1.82, 2.24) is 9.62 Å². The number of nitrogens with one attached hydrogen (secondary N) is 1. The fourth-order valence-electron chi connectivity index (χ4n) is 3.04. The molecular weight excluding hydrogens is 298 g/mol. The fourth-order valence-corrected chi connectivity index (χ4v) is 3.75. The second kappa shape index (κ2) is 7.44. The zero-order valence-electron chi connectivity index (χ0n) is 13.7.